The number of nitrogens with two attached hydrogens (primary N) is 1. The maximum Gasteiger partial charge on any atom is 0.266 e. The van der Waals surface area contributed by atoms with Gasteiger partial charge in [-0.2, -0.15) is 0 Å². The third-order valence-electron chi connectivity index (χ3n) is 7.72. The molecule has 2 N–H and O–H groups in total. The molecule has 0 bridgehead atoms. The summed E-state index contributed by atoms with van der Waals surface area (Å²) in [6, 6.07) is 11.2. The van der Waals surface area contributed by atoms with E-state index in [1.54, 1.807) is 19.1 Å². The second kappa shape index (κ2) is 12.4. The second-order valence-electron chi connectivity index (χ2n) is 10.6. The topological polar surface area (TPSA) is 179 Å². The highest BCUT2D eigenvalue weighted by atomic mass is 16.5. The first-order valence-corrected chi connectivity index (χ1v) is 14.0. The van der Waals surface area contributed by atoms with Gasteiger partial charge in [0.05, 0.1) is 17.7 Å². The van der Waals surface area contributed by atoms with Crippen LogP contribution in [0.5, 0.6) is 5.75 Å². The summed E-state index contributed by atoms with van der Waals surface area (Å²) in [4.78, 5) is 65.0. The smallest absolute Gasteiger partial charge is 0.266 e. The number of fused-ring (bicyclic) bond motifs is 1. The molecule has 3 heterocycles. The first-order valence-electron chi connectivity index (χ1n) is 14.0. The van der Waals surface area contributed by atoms with Crippen molar-refractivity contribution in [3.8, 4) is 17.1 Å². The van der Waals surface area contributed by atoms with E-state index in [0.29, 0.717) is 37.3 Å². The maximum absolute atomic E-state index is 13.3. The van der Waals surface area contributed by atoms with Gasteiger partial charge in [-0.15, -0.1) is 20.4 Å². The Labute approximate surface area is 247 Å². The van der Waals surface area contributed by atoms with Gasteiger partial charge >= 0.3 is 0 Å². The number of hydrogen-bond donors (Lipinski definition) is 1. The number of rotatable bonds is 11. The molecule has 1 saturated heterocycles. The lowest BCUT2D eigenvalue weighted by Gasteiger charge is -2.32. The number of likely N-dealkylation sites (N-methyl/N-ethyl adjacent to an activating group) is 1. The molecule has 0 spiro atoms. The Morgan fingerprint density at radius 1 is 1.00 bits per heavy atom. The van der Waals surface area contributed by atoms with Crippen molar-refractivity contribution in [2.75, 3.05) is 13.7 Å². The van der Waals surface area contributed by atoms with Gasteiger partial charge in [0, 0.05) is 24.9 Å². The van der Waals surface area contributed by atoms with Crippen LogP contribution in [-0.2, 0) is 20.8 Å². The number of unbranched alkanes of at least 4 members (excludes halogenated alkanes) is 1. The van der Waals surface area contributed by atoms with Gasteiger partial charge in [-0.05, 0) is 56.7 Å². The largest absolute Gasteiger partial charge is 0.493 e. The van der Waals surface area contributed by atoms with Gasteiger partial charge in [0.25, 0.3) is 17.7 Å². The summed E-state index contributed by atoms with van der Waals surface area (Å²) in [6.07, 6.45) is 2.40. The number of ether oxygens (including phenoxy) is 1. The van der Waals surface area contributed by atoms with Crippen LogP contribution in [0.4, 0.5) is 0 Å². The Bertz CT molecular complexity index is 1570. The summed E-state index contributed by atoms with van der Waals surface area (Å²) in [6.45, 7) is 1.95. The van der Waals surface area contributed by atoms with E-state index in [1.165, 1.54) is 13.1 Å². The molecule has 0 aliphatic carbocycles. The molecule has 1 fully saturated rings. The third-order valence-corrected chi connectivity index (χ3v) is 7.72. The van der Waals surface area contributed by atoms with E-state index >= 15 is 0 Å². The first kappa shape index (κ1) is 29.4. The van der Waals surface area contributed by atoms with Crippen LogP contribution in [0, 0.1) is 12.8 Å². The molecule has 0 radical (unpaired) electrons. The SMILES string of the molecule is Cc1nnc(-c2ccc(CC(CCCCOc3cccc4c3C(=O)N(C3CCC(=O)N(C)C3=O)C4=O)C(N)=O)cc2)nn1. The summed E-state index contributed by atoms with van der Waals surface area (Å²) in [5.41, 5.74) is 7.67. The number of benzene rings is 2. The Morgan fingerprint density at radius 3 is 2.42 bits per heavy atom. The molecule has 2 unspecified atom stereocenters. The summed E-state index contributed by atoms with van der Waals surface area (Å²) in [5.74, 6) is -1.74. The molecule has 0 saturated carbocycles. The van der Waals surface area contributed by atoms with E-state index in [1.807, 2.05) is 24.3 Å². The Hall–Kier alpha value is -5.07. The van der Waals surface area contributed by atoms with E-state index in [9.17, 15) is 24.0 Å². The highest BCUT2D eigenvalue weighted by Gasteiger charge is 2.47. The van der Waals surface area contributed by atoms with E-state index < -0.39 is 29.7 Å². The molecular weight excluding hydrogens is 554 g/mol. The Morgan fingerprint density at radius 2 is 1.72 bits per heavy atom. The number of carbonyl (C=O) groups excluding carboxylic acids is 5. The molecule has 222 valence electrons. The minimum Gasteiger partial charge on any atom is -0.493 e. The monoisotopic (exact) mass is 585 g/mol. The average molecular weight is 586 g/mol. The average Bonchev–Trinajstić information content (AvgIpc) is 3.25. The lowest BCUT2D eigenvalue weighted by atomic mass is 9.93. The summed E-state index contributed by atoms with van der Waals surface area (Å²) in [7, 11) is 1.35. The van der Waals surface area contributed by atoms with Crippen LogP contribution in [0.15, 0.2) is 42.5 Å². The lowest BCUT2D eigenvalue weighted by Crippen LogP contribution is -2.54. The van der Waals surface area contributed by atoms with Crippen LogP contribution in [0.1, 0.15) is 64.2 Å². The molecule has 5 rings (SSSR count). The second-order valence-corrected chi connectivity index (χ2v) is 10.6. The number of primary amides is 1. The van der Waals surface area contributed by atoms with E-state index in [0.717, 1.165) is 20.9 Å². The van der Waals surface area contributed by atoms with E-state index in [4.69, 9.17) is 10.5 Å². The van der Waals surface area contributed by atoms with Crippen molar-refractivity contribution in [2.45, 2.75) is 51.5 Å². The van der Waals surface area contributed by atoms with Crippen LogP contribution in [0.3, 0.4) is 0 Å². The highest BCUT2D eigenvalue weighted by Crippen LogP contribution is 2.34. The number of aromatic nitrogens is 4. The molecule has 13 nitrogen and oxygen atoms in total. The zero-order valence-corrected chi connectivity index (χ0v) is 23.9. The third kappa shape index (κ3) is 6.10. The fourth-order valence-corrected chi connectivity index (χ4v) is 5.30. The number of aryl methyl sites for hydroxylation is 1. The van der Waals surface area contributed by atoms with Gasteiger partial charge in [0.15, 0.2) is 5.82 Å². The fourth-order valence-electron chi connectivity index (χ4n) is 5.30. The van der Waals surface area contributed by atoms with Crippen molar-refractivity contribution >= 4 is 29.5 Å². The van der Waals surface area contributed by atoms with E-state index in [-0.39, 0.29) is 48.2 Å². The molecule has 1 aromatic heterocycles. The van der Waals surface area contributed by atoms with Crippen LogP contribution in [0.25, 0.3) is 11.4 Å². The zero-order valence-electron chi connectivity index (χ0n) is 23.9. The molecule has 2 atom stereocenters. The number of likely N-dealkylation sites (tertiary alicyclic amines) is 1. The summed E-state index contributed by atoms with van der Waals surface area (Å²) >= 11 is 0. The van der Waals surface area contributed by atoms with Gasteiger partial charge in [-0.1, -0.05) is 30.3 Å². The molecule has 2 aromatic carbocycles. The van der Waals surface area contributed by atoms with Gasteiger partial charge in [0.1, 0.15) is 11.8 Å². The molecule has 2 aliphatic rings. The molecule has 3 aromatic rings. The Balaban J connectivity index is 1.15. The molecule has 2 aliphatic heterocycles. The van der Waals surface area contributed by atoms with Crippen molar-refractivity contribution in [1.29, 1.82) is 0 Å². The van der Waals surface area contributed by atoms with Crippen LogP contribution in [0.2, 0.25) is 0 Å². The van der Waals surface area contributed by atoms with Gasteiger partial charge in [0.2, 0.25) is 17.6 Å². The van der Waals surface area contributed by atoms with Gasteiger partial charge in [-0.3, -0.25) is 33.8 Å². The summed E-state index contributed by atoms with van der Waals surface area (Å²) in [5, 5.41) is 15.9. The minimum atomic E-state index is -1.03. The first-order chi connectivity index (χ1) is 20.7. The minimum absolute atomic E-state index is 0.0685. The van der Waals surface area contributed by atoms with Crippen molar-refractivity contribution in [2.24, 2.45) is 11.7 Å². The number of carbonyl (C=O) groups is 5. The zero-order chi connectivity index (χ0) is 30.7. The number of amides is 5. The van der Waals surface area contributed by atoms with Gasteiger partial charge < -0.3 is 10.5 Å². The van der Waals surface area contributed by atoms with Crippen molar-refractivity contribution < 1.29 is 28.7 Å². The predicted molar refractivity (Wildman–Crippen MR) is 151 cm³/mol. The van der Waals surface area contributed by atoms with Crippen molar-refractivity contribution in [3.63, 3.8) is 0 Å². The lowest BCUT2D eigenvalue weighted by molar-refractivity contribution is -0.149. The molecule has 43 heavy (non-hydrogen) atoms. The van der Waals surface area contributed by atoms with Gasteiger partial charge in [-0.25, -0.2) is 0 Å². The number of piperidine rings is 1. The van der Waals surface area contributed by atoms with Crippen LogP contribution < -0.4 is 10.5 Å². The number of hydrogen-bond acceptors (Lipinski definition) is 10. The maximum atomic E-state index is 13.3. The van der Waals surface area contributed by atoms with E-state index in [2.05, 4.69) is 20.4 Å². The fraction of sp³-hybridized carbons (Fsp3) is 0.367. The number of nitrogens with zero attached hydrogens (tertiary/aromatic N) is 6. The standard InChI is InChI=1S/C30H31N7O6/c1-17-32-34-27(35-33-17)19-11-9-18(10-12-19)16-20(26(31)39)6-3-4-15-43-23-8-5-7-21-25(23)30(42)37(28(21)40)22-13-14-24(38)36(2)29(22)41/h5,7-12,20,22H,3-4,6,13-16H2,1-2H3,(H2,31,39). The normalized spacial score (nSPS) is 17.3. The molecule has 5 amide bonds. The van der Waals surface area contributed by atoms with Crippen molar-refractivity contribution in [3.05, 3.63) is 65.0 Å². The van der Waals surface area contributed by atoms with Crippen LogP contribution in [-0.4, -0.2) is 79.4 Å². The molecule has 13 heteroatoms. The van der Waals surface area contributed by atoms with Crippen LogP contribution >= 0.6 is 0 Å². The van der Waals surface area contributed by atoms with Crippen molar-refractivity contribution in [1.82, 2.24) is 30.2 Å². The predicted octanol–water partition coefficient (Wildman–Crippen LogP) is 1.88. The quantitative estimate of drug-likeness (QED) is 0.258. The summed E-state index contributed by atoms with van der Waals surface area (Å²) < 4.78 is 5.90. The Kier molecular flexibility index (Phi) is 8.51. The number of imide groups is 2. The molecular formula is C30H31N7O6. The highest BCUT2D eigenvalue weighted by molar-refractivity contribution is 6.24.